The van der Waals surface area contributed by atoms with Crippen molar-refractivity contribution < 1.29 is 13.2 Å². The van der Waals surface area contributed by atoms with Gasteiger partial charge in [0.2, 0.25) is 0 Å². The van der Waals surface area contributed by atoms with Gasteiger partial charge in [0.1, 0.15) is 0 Å². The minimum Gasteiger partial charge on any atom is -0.347 e. The first-order chi connectivity index (χ1) is 9.01. The Morgan fingerprint density at radius 2 is 1.65 bits per heavy atom. The summed E-state index contributed by atoms with van der Waals surface area (Å²) in [6, 6.07) is 6.09. The predicted molar refractivity (Wildman–Crippen MR) is 80.6 cm³/mol. The molecule has 0 unspecified atom stereocenters. The van der Waals surface area contributed by atoms with Gasteiger partial charge in [0.15, 0.2) is 9.84 Å². The van der Waals surface area contributed by atoms with Crippen molar-refractivity contribution in [3.8, 4) is 0 Å². The molecule has 0 saturated heterocycles. The third-order valence-corrected chi connectivity index (χ3v) is 4.61. The van der Waals surface area contributed by atoms with Crippen molar-refractivity contribution in [1.29, 1.82) is 0 Å². The van der Waals surface area contributed by atoms with E-state index in [0.29, 0.717) is 5.56 Å². The molecular weight excluding hydrogens is 274 g/mol. The fraction of sp³-hybridized carbons (Fsp3) is 0.533. The number of rotatable bonds is 4. The molecule has 0 saturated carbocycles. The second kappa shape index (κ2) is 5.95. The molecular formula is C15H23NO3S. The van der Waals surface area contributed by atoms with Crippen LogP contribution in [-0.4, -0.2) is 25.6 Å². The van der Waals surface area contributed by atoms with Gasteiger partial charge < -0.3 is 5.32 Å². The maximum atomic E-state index is 12.1. The quantitative estimate of drug-likeness (QED) is 0.929. The second-order valence-corrected chi connectivity index (χ2v) is 8.44. The number of hydrogen-bond donors (Lipinski definition) is 1. The van der Waals surface area contributed by atoms with E-state index in [2.05, 4.69) is 5.32 Å². The lowest BCUT2D eigenvalue weighted by atomic mass is 10.1. The van der Waals surface area contributed by atoms with Gasteiger partial charge in [-0.2, -0.15) is 0 Å². The minimum atomic E-state index is -3.27. The molecule has 0 heterocycles. The van der Waals surface area contributed by atoms with E-state index in [4.69, 9.17) is 0 Å². The molecule has 0 aliphatic carbocycles. The second-order valence-electron chi connectivity index (χ2n) is 6.40. The first-order valence-corrected chi connectivity index (χ1v) is 8.32. The first-order valence-electron chi connectivity index (χ1n) is 6.66. The normalized spacial score (nSPS) is 12.5. The van der Waals surface area contributed by atoms with E-state index < -0.39 is 9.84 Å². The zero-order chi connectivity index (χ0) is 15.6. The SMILES string of the molecule is CC(C)CS(=O)(=O)c1ccc(C(=O)NC(C)(C)C)cc1. The Balaban J connectivity index is 2.92. The molecule has 1 aromatic rings. The molecule has 1 amide bonds. The highest BCUT2D eigenvalue weighted by Gasteiger charge is 2.18. The fourth-order valence-corrected chi connectivity index (χ4v) is 3.38. The van der Waals surface area contributed by atoms with Crippen molar-refractivity contribution in [1.82, 2.24) is 5.32 Å². The number of benzene rings is 1. The molecule has 0 spiro atoms. The van der Waals surface area contributed by atoms with Gasteiger partial charge in [-0.1, -0.05) is 13.8 Å². The van der Waals surface area contributed by atoms with Crippen LogP contribution >= 0.6 is 0 Å². The van der Waals surface area contributed by atoms with Crippen LogP contribution in [-0.2, 0) is 9.84 Å². The highest BCUT2D eigenvalue weighted by atomic mass is 32.2. The molecule has 0 aliphatic heterocycles. The first kappa shape index (κ1) is 16.7. The van der Waals surface area contributed by atoms with Crippen LogP contribution in [0.4, 0.5) is 0 Å². The molecule has 20 heavy (non-hydrogen) atoms. The number of carbonyl (C=O) groups excluding carboxylic acids is 1. The van der Waals surface area contributed by atoms with Gasteiger partial charge in [-0.25, -0.2) is 8.42 Å². The van der Waals surface area contributed by atoms with Crippen molar-refractivity contribution in [2.24, 2.45) is 5.92 Å². The third kappa shape index (κ3) is 4.96. The fourth-order valence-electron chi connectivity index (χ4n) is 1.76. The largest absolute Gasteiger partial charge is 0.347 e. The van der Waals surface area contributed by atoms with Crippen LogP contribution in [0.25, 0.3) is 0 Å². The van der Waals surface area contributed by atoms with Crippen molar-refractivity contribution in [3.63, 3.8) is 0 Å². The molecule has 0 fully saturated rings. The number of amides is 1. The van der Waals surface area contributed by atoms with Gasteiger partial charge in [0.25, 0.3) is 5.91 Å². The van der Waals surface area contributed by atoms with Gasteiger partial charge in [0, 0.05) is 11.1 Å². The molecule has 1 rings (SSSR count). The lowest BCUT2D eigenvalue weighted by molar-refractivity contribution is 0.0919. The summed E-state index contributed by atoms with van der Waals surface area (Å²) in [5, 5.41) is 2.84. The van der Waals surface area contributed by atoms with E-state index >= 15 is 0 Å². The van der Waals surface area contributed by atoms with Crippen LogP contribution in [0.3, 0.4) is 0 Å². The zero-order valence-corrected chi connectivity index (χ0v) is 13.5. The molecule has 1 N–H and O–H groups in total. The van der Waals surface area contributed by atoms with Gasteiger partial charge in [0.05, 0.1) is 10.6 Å². The molecule has 112 valence electrons. The van der Waals surface area contributed by atoms with Crippen LogP contribution < -0.4 is 5.32 Å². The summed E-state index contributed by atoms with van der Waals surface area (Å²) >= 11 is 0. The minimum absolute atomic E-state index is 0.0730. The Morgan fingerprint density at radius 1 is 1.15 bits per heavy atom. The predicted octanol–water partition coefficient (Wildman–Crippen LogP) is 2.64. The Kier molecular flexibility index (Phi) is 4.97. The lowest BCUT2D eigenvalue weighted by Crippen LogP contribution is -2.40. The van der Waals surface area contributed by atoms with E-state index in [-0.39, 0.29) is 28.0 Å². The Morgan fingerprint density at radius 3 is 2.05 bits per heavy atom. The topological polar surface area (TPSA) is 63.2 Å². The molecule has 0 aliphatic rings. The van der Waals surface area contributed by atoms with Gasteiger partial charge >= 0.3 is 0 Å². The maximum absolute atomic E-state index is 12.1. The van der Waals surface area contributed by atoms with Crippen LogP contribution in [0, 0.1) is 5.92 Å². The van der Waals surface area contributed by atoms with E-state index in [0.717, 1.165) is 0 Å². The summed E-state index contributed by atoms with van der Waals surface area (Å²) in [4.78, 5) is 12.2. The van der Waals surface area contributed by atoms with Gasteiger partial charge in [-0.05, 0) is 51.0 Å². The van der Waals surface area contributed by atoms with Crippen LogP contribution in [0.1, 0.15) is 45.0 Å². The summed E-state index contributed by atoms with van der Waals surface area (Å²) in [5.41, 5.74) is 0.142. The average Bonchev–Trinajstić information content (AvgIpc) is 2.25. The van der Waals surface area contributed by atoms with Crippen molar-refractivity contribution in [2.75, 3.05) is 5.75 Å². The van der Waals surface area contributed by atoms with E-state index in [1.54, 1.807) is 12.1 Å². The Hall–Kier alpha value is -1.36. The van der Waals surface area contributed by atoms with E-state index in [1.807, 2.05) is 34.6 Å². The number of hydrogen-bond acceptors (Lipinski definition) is 3. The van der Waals surface area contributed by atoms with E-state index in [9.17, 15) is 13.2 Å². The number of sulfone groups is 1. The molecule has 0 aromatic heterocycles. The van der Waals surface area contributed by atoms with Crippen LogP contribution in [0.2, 0.25) is 0 Å². The van der Waals surface area contributed by atoms with Crippen molar-refractivity contribution in [2.45, 2.75) is 45.1 Å². The standard InChI is InChI=1S/C15H23NO3S/c1-11(2)10-20(18,19)13-8-6-12(7-9-13)14(17)16-15(3,4)5/h6-9,11H,10H2,1-5H3,(H,16,17). The number of carbonyl (C=O) groups is 1. The highest BCUT2D eigenvalue weighted by molar-refractivity contribution is 7.91. The summed E-state index contributed by atoms with van der Waals surface area (Å²) < 4.78 is 24.1. The molecule has 0 atom stereocenters. The molecule has 5 heteroatoms. The number of nitrogens with one attached hydrogen (secondary N) is 1. The summed E-state index contributed by atoms with van der Waals surface area (Å²) in [6.07, 6.45) is 0. The van der Waals surface area contributed by atoms with E-state index in [1.165, 1.54) is 12.1 Å². The van der Waals surface area contributed by atoms with Crippen LogP contribution in [0.15, 0.2) is 29.2 Å². The van der Waals surface area contributed by atoms with Crippen molar-refractivity contribution in [3.05, 3.63) is 29.8 Å². The monoisotopic (exact) mass is 297 g/mol. The summed E-state index contributed by atoms with van der Waals surface area (Å²) in [5.74, 6) is -0.0188. The molecule has 1 aromatic carbocycles. The smallest absolute Gasteiger partial charge is 0.251 e. The Labute approximate surface area is 121 Å². The van der Waals surface area contributed by atoms with Crippen molar-refractivity contribution >= 4 is 15.7 Å². The average molecular weight is 297 g/mol. The third-order valence-electron chi connectivity index (χ3n) is 2.52. The van der Waals surface area contributed by atoms with Gasteiger partial charge in [-0.3, -0.25) is 4.79 Å². The molecule has 0 radical (unpaired) electrons. The summed E-state index contributed by atoms with van der Waals surface area (Å²) in [7, 11) is -3.27. The molecule has 4 nitrogen and oxygen atoms in total. The maximum Gasteiger partial charge on any atom is 0.251 e. The van der Waals surface area contributed by atoms with Gasteiger partial charge in [-0.15, -0.1) is 0 Å². The summed E-state index contributed by atoms with van der Waals surface area (Å²) in [6.45, 7) is 9.41. The Bertz CT molecular complexity index is 566. The van der Waals surface area contributed by atoms with Crippen LogP contribution in [0.5, 0.6) is 0 Å². The molecule has 0 bridgehead atoms. The lowest BCUT2D eigenvalue weighted by Gasteiger charge is -2.20. The zero-order valence-electron chi connectivity index (χ0n) is 12.7. The highest BCUT2D eigenvalue weighted by Crippen LogP contribution is 2.15.